The van der Waals surface area contributed by atoms with Crippen molar-refractivity contribution in [2.75, 3.05) is 0 Å². The van der Waals surface area contributed by atoms with E-state index in [1.165, 1.54) is 37.8 Å². The maximum Gasteiger partial charge on any atom is 0 e. The minimum absolute atomic E-state index is 0. The van der Waals surface area contributed by atoms with Crippen molar-refractivity contribution in [3.63, 3.8) is 0 Å². The molecule has 0 spiro atoms. The zero-order valence-electron chi connectivity index (χ0n) is 15.3. The Hall–Kier alpha value is -0.850. The molecule has 0 saturated carbocycles. The molecule has 0 aliphatic heterocycles. The molecule has 0 saturated heterocycles. The molecule has 4 aromatic rings. The van der Waals surface area contributed by atoms with Crippen molar-refractivity contribution >= 4 is 59.4 Å². The second-order valence-electron chi connectivity index (χ2n) is 6.25. The first-order valence-corrected chi connectivity index (χ1v) is 9.65. The van der Waals surface area contributed by atoms with Crippen molar-refractivity contribution in [2.45, 2.75) is 13.8 Å². The van der Waals surface area contributed by atoms with E-state index in [0.29, 0.717) is 0 Å². The average Bonchev–Trinajstić information content (AvgIpc) is 3.07. The molecule has 0 aliphatic carbocycles. The van der Waals surface area contributed by atoms with Crippen molar-refractivity contribution in [3.05, 3.63) is 96.1 Å². The van der Waals surface area contributed by atoms with E-state index < -0.39 is 7.92 Å². The van der Waals surface area contributed by atoms with Gasteiger partial charge in [-0.3, -0.25) is 0 Å². The first-order chi connectivity index (χ1) is 11.7. The molecule has 27 heavy (non-hydrogen) atoms. The van der Waals surface area contributed by atoms with Gasteiger partial charge >= 0.3 is 0 Å². The Morgan fingerprint density at radius 2 is 1.15 bits per heavy atom. The van der Waals surface area contributed by atoms with Crippen LogP contribution in [-0.2, 0) is 25.8 Å². The van der Waals surface area contributed by atoms with Gasteiger partial charge in [-0.15, -0.1) is 58.6 Å². The fraction of sp³-hybridized carbons (Fsp3) is 0.0870. The Morgan fingerprint density at radius 1 is 0.667 bits per heavy atom. The Morgan fingerprint density at radius 3 is 1.63 bits per heavy atom. The minimum atomic E-state index is -0.518. The van der Waals surface area contributed by atoms with Crippen LogP contribution in [0.1, 0.15) is 11.1 Å². The van der Waals surface area contributed by atoms with Crippen LogP contribution in [0.3, 0.4) is 0 Å². The zero-order chi connectivity index (χ0) is 16.5. The molecule has 0 aliphatic rings. The quantitative estimate of drug-likeness (QED) is 0.164. The molecule has 0 bridgehead atoms. The predicted molar refractivity (Wildman–Crippen MR) is 122 cm³/mol. The summed E-state index contributed by atoms with van der Waals surface area (Å²) in [6.07, 6.45) is 0. The number of hydrogen-bond acceptors (Lipinski definition) is 0. The van der Waals surface area contributed by atoms with Crippen LogP contribution < -0.4 is 15.9 Å². The largest absolute Gasteiger partial charge is 0.160 e. The van der Waals surface area contributed by atoms with E-state index in [2.05, 4.69) is 98.8 Å². The maximum absolute atomic E-state index is 2.41. The maximum atomic E-state index is 2.41. The van der Waals surface area contributed by atoms with Crippen molar-refractivity contribution in [3.8, 4) is 0 Å². The standard InChI is InChI=1S/C23H20P.2ClH.Hf/c1-17-13-14-18(2)23-16-21(15-22(17)23)24(19-9-5-3-6-10-19)20-11-7-4-8-12-20;;;/h3-16H,1-2H3;2*1H;/q-1;;;. The molecule has 0 nitrogen and oxygen atoms in total. The Kier molecular flexibility index (Phi) is 9.52. The van der Waals surface area contributed by atoms with E-state index in [1.54, 1.807) is 0 Å². The van der Waals surface area contributed by atoms with Crippen LogP contribution in [-0.4, -0.2) is 0 Å². The first kappa shape index (κ1) is 24.2. The summed E-state index contributed by atoms with van der Waals surface area (Å²) < 4.78 is 0. The van der Waals surface area contributed by atoms with Crippen LogP contribution in [0.25, 0.3) is 10.8 Å². The molecule has 0 N–H and O–H groups in total. The van der Waals surface area contributed by atoms with Gasteiger partial charge in [0.1, 0.15) is 0 Å². The summed E-state index contributed by atoms with van der Waals surface area (Å²) in [5.41, 5.74) is 2.72. The molecule has 0 atom stereocenters. The molecule has 0 aromatic heterocycles. The van der Waals surface area contributed by atoms with Gasteiger partial charge in [0.25, 0.3) is 0 Å². The summed E-state index contributed by atoms with van der Waals surface area (Å²) >= 11 is 0. The topological polar surface area (TPSA) is 0 Å². The fourth-order valence-electron chi connectivity index (χ4n) is 3.31. The summed E-state index contributed by atoms with van der Waals surface area (Å²) in [6.45, 7) is 4.41. The summed E-state index contributed by atoms with van der Waals surface area (Å²) in [7, 11) is -0.518. The second kappa shape index (κ2) is 10.6. The number of rotatable bonds is 3. The third-order valence-electron chi connectivity index (χ3n) is 4.59. The summed E-state index contributed by atoms with van der Waals surface area (Å²) in [6, 6.07) is 31.1. The van der Waals surface area contributed by atoms with Crippen LogP contribution in [0.2, 0.25) is 0 Å². The van der Waals surface area contributed by atoms with Crippen molar-refractivity contribution in [1.29, 1.82) is 0 Å². The van der Waals surface area contributed by atoms with E-state index >= 15 is 0 Å². The van der Waals surface area contributed by atoms with Gasteiger partial charge in [-0.25, -0.2) is 0 Å². The Balaban J connectivity index is 0.00000121. The van der Waals surface area contributed by atoms with Crippen LogP contribution in [0, 0.1) is 13.8 Å². The van der Waals surface area contributed by atoms with Gasteiger partial charge in [-0.1, -0.05) is 79.2 Å². The number of hydrogen-bond donors (Lipinski definition) is 0. The number of halogens is 2. The molecule has 138 valence electrons. The summed E-state index contributed by atoms with van der Waals surface area (Å²) in [5, 5.41) is 7.04. The van der Waals surface area contributed by atoms with Crippen LogP contribution in [0.5, 0.6) is 0 Å². The van der Waals surface area contributed by atoms with Crippen molar-refractivity contribution in [2.24, 2.45) is 0 Å². The van der Waals surface area contributed by atoms with Gasteiger partial charge in [-0.05, 0) is 25.5 Å². The normalized spacial score (nSPS) is 10.0. The number of fused-ring (bicyclic) bond motifs is 1. The van der Waals surface area contributed by atoms with Gasteiger partial charge in [0.15, 0.2) is 0 Å². The molecule has 0 fully saturated rings. The zero-order valence-corrected chi connectivity index (χ0v) is 21.5. The average molecular weight is 579 g/mol. The van der Waals surface area contributed by atoms with Gasteiger partial charge < -0.3 is 0 Å². The van der Waals surface area contributed by atoms with E-state index in [-0.39, 0.29) is 50.7 Å². The van der Waals surface area contributed by atoms with Crippen LogP contribution in [0.4, 0.5) is 0 Å². The van der Waals surface area contributed by atoms with E-state index in [0.717, 1.165) is 0 Å². The second-order valence-corrected chi connectivity index (χ2v) is 8.47. The SMILES string of the molecule is Cc1ccc(C)c2[cH-]c(P(c3ccccc3)c3ccccc3)cc12.Cl.Cl.[Hf]. The predicted octanol–water partition coefficient (Wildman–Crippen LogP) is 5.77. The van der Waals surface area contributed by atoms with Gasteiger partial charge in [-0.2, -0.15) is 6.07 Å². The third kappa shape index (κ3) is 4.96. The van der Waals surface area contributed by atoms with E-state index in [1.807, 2.05) is 0 Å². The monoisotopic (exact) mass is 579 g/mol. The van der Waals surface area contributed by atoms with Crippen molar-refractivity contribution < 1.29 is 25.8 Å². The Bertz CT molecular complexity index is 903. The molecule has 4 rings (SSSR count). The molecule has 0 unspecified atom stereocenters. The molecule has 0 amide bonds. The van der Waals surface area contributed by atoms with E-state index in [4.69, 9.17) is 0 Å². The number of benzene rings is 3. The third-order valence-corrected chi connectivity index (χ3v) is 7.00. The molecular weight excluding hydrogens is 557 g/mol. The molecule has 4 heteroatoms. The van der Waals surface area contributed by atoms with Crippen LogP contribution >= 0.6 is 32.7 Å². The van der Waals surface area contributed by atoms with E-state index in [9.17, 15) is 0 Å². The van der Waals surface area contributed by atoms with Crippen molar-refractivity contribution in [1.82, 2.24) is 0 Å². The minimum Gasteiger partial charge on any atom is -0.160 e. The van der Waals surface area contributed by atoms with Crippen LogP contribution in [0.15, 0.2) is 84.9 Å². The first-order valence-electron chi connectivity index (χ1n) is 8.31. The van der Waals surface area contributed by atoms with Gasteiger partial charge in [0, 0.05) is 25.8 Å². The fourth-order valence-corrected chi connectivity index (χ4v) is 5.66. The molecular formula is C23H22Cl2HfP-. The summed E-state index contributed by atoms with van der Waals surface area (Å²) in [4.78, 5) is 0. The molecule has 4 aromatic carbocycles. The molecule has 0 heterocycles. The summed E-state index contributed by atoms with van der Waals surface area (Å²) in [5.74, 6) is 0. The van der Waals surface area contributed by atoms with Gasteiger partial charge in [0.05, 0.1) is 0 Å². The number of aryl methyl sites for hydroxylation is 2. The Labute approximate surface area is 194 Å². The molecule has 0 radical (unpaired) electrons. The smallest absolute Gasteiger partial charge is 0 e. The van der Waals surface area contributed by atoms with Gasteiger partial charge in [0.2, 0.25) is 0 Å².